The van der Waals surface area contributed by atoms with Crippen LogP contribution in [0.15, 0.2) is 36.4 Å². The molecule has 1 saturated heterocycles. The molecule has 0 aliphatic carbocycles. The summed E-state index contributed by atoms with van der Waals surface area (Å²) in [4.78, 5) is 31.0. The molecule has 1 aliphatic rings. The van der Waals surface area contributed by atoms with Crippen molar-refractivity contribution in [2.75, 3.05) is 16.8 Å². The Labute approximate surface area is 167 Å². The third-order valence-electron chi connectivity index (χ3n) is 5.10. The van der Waals surface area contributed by atoms with Crippen LogP contribution in [0.5, 0.6) is 0 Å². The number of benzene rings is 2. The van der Waals surface area contributed by atoms with Gasteiger partial charge in [0.2, 0.25) is 5.91 Å². The summed E-state index contributed by atoms with van der Waals surface area (Å²) in [6.45, 7) is 6.54. The molecule has 28 heavy (non-hydrogen) atoms. The number of aromatic nitrogens is 1. The predicted molar refractivity (Wildman–Crippen MR) is 113 cm³/mol. The first-order valence-corrected chi connectivity index (χ1v) is 10.0. The van der Waals surface area contributed by atoms with Crippen LogP contribution >= 0.6 is 11.3 Å². The van der Waals surface area contributed by atoms with Crippen LogP contribution in [-0.2, 0) is 4.79 Å². The van der Waals surface area contributed by atoms with Gasteiger partial charge in [0.15, 0.2) is 5.13 Å². The Morgan fingerprint density at radius 1 is 1.14 bits per heavy atom. The van der Waals surface area contributed by atoms with Gasteiger partial charge in [0.25, 0.3) is 0 Å². The smallest absolute Gasteiger partial charge is 0.321 e. The van der Waals surface area contributed by atoms with Crippen molar-refractivity contribution < 1.29 is 9.59 Å². The van der Waals surface area contributed by atoms with Crippen LogP contribution in [0.1, 0.15) is 23.1 Å². The van der Waals surface area contributed by atoms with Crippen molar-refractivity contribution >= 4 is 44.3 Å². The van der Waals surface area contributed by atoms with E-state index in [1.165, 1.54) is 16.9 Å². The van der Waals surface area contributed by atoms with Gasteiger partial charge in [-0.15, -0.1) is 0 Å². The van der Waals surface area contributed by atoms with Gasteiger partial charge < -0.3 is 10.2 Å². The highest BCUT2D eigenvalue weighted by molar-refractivity contribution is 7.22. The zero-order chi connectivity index (χ0) is 19.8. The van der Waals surface area contributed by atoms with E-state index in [1.807, 2.05) is 57.2 Å². The van der Waals surface area contributed by atoms with Crippen molar-refractivity contribution in [1.82, 2.24) is 10.3 Å². The lowest BCUT2D eigenvalue weighted by Gasteiger charge is -2.18. The molecule has 0 spiro atoms. The Bertz CT molecular complexity index is 1080. The molecule has 2 aromatic carbocycles. The van der Waals surface area contributed by atoms with E-state index < -0.39 is 0 Å². The monoisotopic (exact) mass is 394 g/mol. The number of hydrogen-bond acceptors (Lipinski definition) is 4. The number of aryl methyl sites for hydroxylation is 3. The Morgan fingerprint density at radius 3 is 2.71 bits per heavy atom. The number of rotatable bonds is 3. The van der Waals surface area contributed by atoms with Crippen LogP contribution in [0, 0.1) is 20.8 Å². The number of amides is 3. The zero-order valence-corrected chi connectivity index (χ0v) is 16.9. The molecule has 6 nitrogen and oxygen atoms in total. The lowest BCUT2D eigenvalue weighted by Crippen LogP contribution is -2.39. The summed E-state index contributed by atoms with van der Waals surface area (Å²) in [5, 5.41) is 6.25. The molecule has 3 aromatic rings. The molecule has 1 atom stereocenters. The molecule has 2 heterocycles. The van der Waals surface area contributed by atoms with Gasteiger partial charge in [-0.2, -0.15) is 0 Å². The predicted octanol–water partition coefficient (Wildman–Crippen LogP) is 4.15. The topological polar surface area (TPSA) is 74.3 Å². The molecule has 3 amide bonds. The van der Waals surface area contributed by atoms with Gasteiger partial charge in [-0.05, 0) is 55.7 Å². The van der Waals surface area contributed by atoms with Gasteiger partial charge in [0.05, 0.1) is 16.3 Å². The second-order valence-corrected chi connectivity index (χ2v) is 8.24. The highest BCUT2D eigenvalue weighted by Gasteiger charge is 2.31. The fourth-order valence-electron chi connectivity index (χ4n) is 3.41. The number of nitrogens with one attached hydrogen (secondary N) is 2. The first-order valence-electron chi connectivity index (χ1n) is 9.22. The number of urea groups is 1. The van der Waals surface area contributed by atoms with Crippen molar-refractivity contribution in [3.8, 4) is 0 Å². The number of carbonyl (C=O) groups is 2. The summed E-state index contributed by atoms with van der Waals surface area (Å²) in [6, 6.07) is 11.4. The summed E-state index contributed by atoms with van der Waals surface area (Å²) in [6.07, 6.45) is 0.291. The van der Waals surface area contributed by atoms with Crippen LogP contribution in [-0.4, -0.2) is 29.5 Å². The number of carbonyl (C=O) groups excluding carboxylic acids is 2. The molecule has 0 radical (unpaired) electrons. The maximum Gasteiger partial charge on any atom is 0.321 e. The summed E-state index contributed by atoms with van der Waals surface area (Å²) >= 11 is 1.44. The molecule has 1 aromatic heterocycles. The normalized spacial score (nSPS) is 16.6. The Morgan fingerprint density at radius 2 is 1.96 bits per heavy atom. The molecule has 0 saturated carbocycles. The zero-order valence-electron chi connectivity index (χ0n) is 16.1. The maximum atomic E-state index is 12.4. The van der Waals surface area contributed by atoms with E-state index in [0.29, 0.717) is 18.1 Å². The van der Waals surface area contributed by atoms with Crippen LogP contribution in [0.25, 0.3) is 10.2 Å². The number of thiazole rings is 1. The lowest BCUT2D eigenvalue weighted by molar-refractivity contribution is -0.117. The average Bonchev–Trinajstić information content (AvgIpc) is 3.21. The molecule has 0 bridgehead atoms. The van der Waals surface area contributed by atoms with E-state index in [2.05, 4.69) is 15.6 Å². The third-order valence-corrected chi connectivity index (χ3v) is 6.04. The van der Waals surface area contributed by atoms with E-state index >= 15 is 0 Å². The minimum Gasteiger partial charge on any atom is -0.333 e. The highest BCUT2D eigenvalue weighted by atomic mass is 32.1. The molecule has 144 valence electrons. The van der Waals surface area contributed by atoms with Crippen molar-refractivity contribution in [2.24, 2.45) is 0 Å². The second kappa shape index (κ2) is 7.24. The number of nitrogens with zero attached hydrogens (tertiary/aromatic N) is 2. The van der Waals surface area contributed by atoms with Crippen LogP contribution in [0.4, 0.5) is 15.6 Å². The second-order valence-electron chi connectivity index (χ2n) is 7.21. The highest BCUT2D eigenvalue weighted by Crippen LogP contribution is 2.28. The summed E-state index contributed by atoms with van der Waals surface area (Å²) in [7, 11) is 0. The summed E-state index contributed by atoms with van der Waals surface area (Å²) in [5.74, 6) is 0.0177. The molecular formula is C21H22N4O2S. The minimum absolute atomic E-state index is 0.0177. The standard InChI is InChI=1S/C21H22N4O2S/c1-12-7-8-16(9-14(12)3)25-11-15(10-18(25)26)22-20(27)24-21-23-19-13(2)5-4-6-17(19)28-21/h4-9,15H,10-11H2,1-3H3,(H2,22,23,24,27). The first kappa shape index (κ1) is 18.4. The fourth-order valence-corrected chi connectivity index (χ4v) is 4.34. The fraction of sp³-hybridized carbons (Fsp3) is 0.286. The summed E-state index contributed by atoms with van der Waals surface area (Å²) < 4.78 is 1.03. The van der Waals surface area contributed by atoms with Crippen molar-refractivity contribution in [3.05, 3.63) is 53.1 Å². The minimum atomic E-state index is -0.337. The average molecular weight is 395 g/mol. The van der Waals surface area contributed by atoms with Gasteiger partial charge in [-0.25, -0.2) is 9.78 Å². The first-order chi connectivity index (χ1) is 13.4. The van der Waals surface area contributed by atoms with Crippen LogP contribution in [0.2, 0.25) is 0 Å². The number of hydrogen-bond donors (Lipinski definition) is 2. The SMILES string of the molecule is Cc1ccc(N2CC(NC(=O)Nc3nc4c(C)cccc4s3)CC2=O)cc1C. The lowest BCUT2D eigenvalue weighted by atomic mass is 10.1. The molecule has 2 N–H and O–H groups in total. The Kier molecular flexibility index (Phi) is 4.77. The van der Waals surface area contributed by atoms with E-state index in [-0.39, 0.29) is 18.0 Å². The van der Waals surface area contributed by atoms with Gasteiger partial charge in [0, 0.05) is 18.7 Å². The van der Waals surface area contributed by atoms with Crippen LogP contribution < -0.4 is 15.5 Å². The molecule has 7 heteroatoms. The Balaban J connectivity index is 1.41. The van der Waals surface area contributed by atoms with E-state index in [1.54, 1.807) is 4.90 Å². The summed E-state index contributed by atoms with van der Waals surface area (Å²) in [5.41, 5.74) is 5.19. The van der Waals surface area contributed by atoms with Crippen molar-refractivity contribution in [3.63, 3.8) is 0 Å². The Hall–Kier alpha value is -2.93. The van der Waals surface area contributed by atoms with Crippen molar-refractivity contribution in [2.45, 2.75) is 33.2 Å². The van der Waals surface area contributed by atoms with Gasteiger partial charge in [-0.3, -0.25) is 10.1 Å². The maximum absolute atomic E-state index is 12.4. The van der Waals surface area contributed by atoms with Crippen LogP contribution in [0.3, 0.4) is 0 Å². The third kappa shape index (κ3) is 3.57. The molecule has 4 rings (SSSR count). The molecular weight excluding hydrogens is 372 g/mol. The van der Waals surface area contributed by atoms with Gasteiger partial charge >= 0.3 is 6.03 Å². The van der Waals surface area contributed by atoms with E-state index in [9.17, 15) is 9.59 Å². The largest absolute Gasteiger partial charge is 0.333 e. The number of para-hydroxylation sites is 1. The van der Waals surface area contributed by atoms with Gasteiger partial charge in [0.1, 0.15) is 0 Å². The van der Waals surface area contributed by atoms with E-state index in [0.717, 1.165) is 27.0 Å². The number of anilines is 2. The molecule has 1 aliphatic heterocycles. The quantitative estimate of drug-likeness (QED) is 0.701. The molecule has 1 fully saturated rings. The number of fused-ring (bicyclic) bond motifs is 1. The molecule has 1 unspecified atom stereocenters. The van der Waals surface area contributed by atoms with Crippen molar-refractivity contribution in [1.29, 1.82) is 0 Å². The van der Waals surface area contributed by atoms with E-state index in [4.69, 9.17) is 0 Å². The van der Waals surface area contributed by atoms with Gasteiger partial charge in [-0.1, -0.05) is 29.5 Å².